The average Bonchev–Trinajstić information content (AvgIpc) is 2.90. The van der Waals surface area contributed by atoms with E-state index in [-0.39, 0.29) is 24.4 Å². The van der Waals surface area contributed by atoms with Gasteiger partial charge >= 0.3 is 5.69 Å². The molecule has 0 saturated heterocycles. The molecule has 0 unspecified atom stereocenters. The van der Waals surface area contributed by atoms with Gasteiger partial charge in [-0.3, -0.25) is 14.9 Å². The van der Waals surface area contributed by atoms with Crippen LogP contribution in [0.4, 0.5) is 10.1 Å². The van der Waals surface area contributed by atoms with Crippen molar-refractivity contribution in [2.24, 2.45) is 0 Å². The Labute approximate surface area is 134 Å². The summed E-state index contributed by atoms with van der Waals surface area (Å²) >= 11 is 0. The van der Waals surface area contributed by atoms with E-state index >= 15 is 0 Å². The van der Waals surface area contributed by atoms with Crippen LogP contribution < -0.4 is 0 Å². The summed E-state index contributed by atoms with van der Waals surface area (Å²) in [7, 11) is 0. The number of hydrogen-bond acceptors (Lipinski definition) is 6. The van der Waals surface area contributed by atoms with Crippen LogP contribution >= 0.6 is 0 Å². The van der Waals surface area contributed by atoms with Gasteiger partial charge in [0.25, 0.3) is 6.47 Å². The van der Waals surface area contributed by atoms with Gasteiger partial charge in [-0.2, -0.15) is 0 Å². The number of ether oxygens (including phenoxy) is 1. The zero-order valence-electron chi connectivity index (χ0n) is 12.1. The van der Waals surface area contributed by atoms with Crippen LogP contribution in [0, 0.1) is 15.9 Å². The molecule has 0 atom stereocenters. The molecule has 3 rings (SSSR count). The van der Waals surface area contributed by atoms with Crippen molar-refractivity contribution in [1.29, 1.82) is 0 Å². The summed E-state index contributed by atoms with van der Waals surface area (Å²) in [6, 6.07) is 7.65. The van der Waals surface area contributed by atoms with Crippen LogP contribution in [0.25, 0.3) is 22.3 Å². The first kappa shape index (κ1) is 15.5. The maximum absolute atomic E-state index is 13.1. The highest BCUT2D eigenvalue weighted by Crippen LogP contribution is 2.39. The third-order valence-electron chi connectivity index (χ3n) is 3.49. The third-order valence-corrected chi connectivity index (χ3v) is 3.49. The van der Waals surface area contributed by atoms with Crippen LogP contribution in [0.2, 0.25) is 0 Å². The Morgan fingerprint density at radius 2 is 2.00 bits per heavy atom. The molecule has 24 heavy (non-hydrogen) atoms. The Balaban J connectivity index is 2.24. The van der Waals surface area contributed by atoms with Gasteiger partial charge in [-0.15, -0.1) is 0 Å². The van der Waals surface area contributed by atoms with Crippen LogP contribution in [-0.2, 0) is 16.1 Å². The van der Waals surface area contributed by atoms with E-state index < -0.39 is 22.2 Å². The number of halogens is 1. The first-order chi connectivity index (χ1) is 11.5. The monoisotopic (exact) mass is 331 g/mol. The number of nitrogens with zero attached hydrogens (tertiary/aromatic N) is 1. The van der Waals surface area contributed by atoms with E-state index in [2.05, 4.69) is 0 Å². The summed E-state index contributed by atoms with van der Waals surface area (Å²) in [5, 5.41) is 21.1. The van der Waals surface area contributed by atoms with Crippen molar-refractivity contribution < 1.29 is 28.4 Å². The van der Waals surface area contributed by atoms with Gasteiger partial charge in [0.15, 0.2) is 5.75 Å². The highest BCUT2D eigenvalue weighted by Gasteiger charge is 2.22. The minimum absolute atomic E-state index is 0.142. The molecule has 0 aliphatic carbocycles. The molecule has 1 aromatic heterocycles. The van der Waals surface area contributed by atoms with Crippen molar-refractivity contribution in [2.45, 2.75) is 6.61 Å². The normalized spacial score (nSPS) is 10.7. The fourth-order valence-electron chi connectivity index (χ4n) is 2.41. The van der Waals surface area contributed by atoms with Gasteiger partial charge in [0.1, 0.15) is 23.8 Å². The van der Waals surface area contributed by atoms with Gasteiger partial charge in [-0.1, -0.05) is 0 Å². The number of benzene rings is 2. The molecule has 0 fully saturated rings. The summed E-state index contributed by atoms with van der Waals surface area (Å²) in [6.45, 7) is 0.0823. The van der Waals surface area contributed by atoms with Gasteiger partial charge in [-0.25, -0.2) is 4.39 Å². The number of carbonyl (C=O) groups is 1. The van der Waals surface area contributed by atoms with Crippen molar-refractivity contribution in [2.75, 3.05) is 0 Å². The zero-order chi connectivity index (χ0) is 17.3. The maximum Gasteiger partial charge on any atom is 0.314 e. The van der Waals surface area contributed by atoms with Crippen molar-refractivity contribution in [3.63, 3.8) is 0 Å². The number of hydrogen-bond donors (Lipinski definition) is 1. The van der Waals surface area contributed by atoms with E-state index in [0.29, 0.717) is 16.5 Å². The van der Waals surface area contributed by atoms with E-state index in [1.54, 1.807) is 0 Å². The number of nitro groups is 1. The van der Waals surface area contributed by atoms with Crippen molar-refractivity contribution in [3.05, 3.63) is 57.9 Å². The molecule has 0 bridgehead atoms. The van der Waals surface area contributed by atoms with Crippen LogP contribution in [0.3, 0.4) is 0 Å². The summed E-state index contributed by atoms with van der Waals surface area (Å²) < 4.78 is 23.5. The second-order valence-corrected chi connectivity index (χ2v) is 4.92. The molecule has 0 saturated carbocycles. The van der Waals surface area contributed by atoms with Gasteiger partial charge in [0, 0.05) is 16.5 Å². The van der Waals surface area contributed by atoms with Gasteiger partial charge in [0.05, 0.1) is 11.0 Å². The van der Waals surface area contributed by atoms with Crippen LogP contribution in [0.1, 0.15) is 5.56 Å². The Hall–Kier alpha value is -3.42. The number of rotatable bonds is 5. The molecule has 0 amide bonds. The second kappa shape index (κ2) is 5.99. The first-order valence-electron chi connectivity index (χ1n) is 6.75. The molecule has 1 heterocycles. The fraction of sp³-hybridized carbons (Fsp3) is 0.0625. The van der Waals surface area contributed by atoms with E-state index in [9.17, 15) is 24.4 Å². The van der Waals surface area contributed by atoms with Crippen LogP contribution in [0.15, 0.2) is 40.8 Å². The maximum atomic E-state index is 13.1. The quantitative estimate of drug-likeness (QED) is 0.436. The Morgan fingerprint density at radius 3 is 2.62 bits per heavy atom. The minimum atomic E-state index is -0.740. The van der Waals surface area contributed by atoms with Gasteiger partial charge in [-0.05, 0) is 30.3 Å². The van der Waals surface area contributed by atoms with Crippen molar-refractivity contribution in [1.82, 2.24) is 0 Å². The van der Waals surface area contributed by atoms with Crippen LogP contribution in [0.5, 0.6) is 5.75 Å². The van der Waals surface area contributed by atoms with E-state index in [1.807, 2.05) is 0 Å². The lowest BCUT2D eigenvalue weighted by Crippen LogP contribution is -1.92. The number of furan rings is 1. The number of phenolic OH excluding ortho intramolecular Hbond substituents is 1. The summed E-state index contributed by atoms with van der Waals surface area (Å²) in [5.41, 5.74) is 0.543. The number of nitro benzene ring substituents is 1. The highest BCUT2D eigenvalue weighted by molar-refractivity contribution is 5.91. The molecule has 2 aromatic carbocycles. The van der Waals surface area contributed by atoms with Gasteiger partial charge in [0.2, 0.25) is 0 Å². The van der Waals surface area contributed by atoms with Crippen LogP contribution in [-0.4, -0.2) is 16.5 Å². The first-order valence-corrected chi connectivity index (χ1v) is 6.75. The Kier molecular flexibility index (Phi) is 3.87. The smallest absolute Gasteiger partial charge is 0.314 e. The lowest BCUT2D eigenvalue weighted by atomic mass is 10.1. The van der Waals surface area contributed by atoms with Gasteiger partial charge < -0.3 is 14.3 Å². The number of carbonyl (C=O) groups excluding carboxylic acids is 1. The highest BCUT2D eigenvalue weighted by atomic mass is 19.1. The summed E-state index contributed by atoms with van der Waals surface area (Å²) in [5.74, 6) is -0.702. The Morgan fingerprint density at radius 1 is 1.29 bits per heavy atom. The number of fused-ring (bicyclic) bond motifs is 1. The molecule has 0 aliphatic heterocycles. The predicted molar refractivity (Wildman–Crippen MR) is 80.8 cm³/mol. The minimum Gasteiger partial charge on any atom is -0.502 e. The lowest BCUT2D eigenvalue weighted by molar-refractivity contribution is -0.385. The summed E-state index contributed by atoms with van der Waals surface area (Å²) in [4.78, 5) is 20.7. The molecular formula is C16H10FNO6. The third kappa shape index (κ3) is 2.65. The molecule has 7 nitrogen and oxygen atoms in total. The lowest BCUT2D eigenvalue weighted by Gasteiger charge is -2.02. The number of aromatic hydroxyl groups is 1. The second-order valence-electron chi connectivity index (χ2n) is 4.92. The molecule has 1 N–H and O–H groups in total. The SMILES string of the molecule is O=COCc1c(-c2ccc(F)cc2)oc2cc([N+](=O)[O-])c(O)cc12. The molecule has 0 radical (unpaired) electrons. The number of phenols is 1. The fourth-order valence-corrected chi connectivity index (χ4v) is 2.41. The van der Waals surface area contributed by atoms with Crippen molar-refractivity contribution >= 4 is 23.1 Å². The largest absolute Gasteiger partial charge is 0.502 e. The molecule has 122 valence electrons. The average molecular weight is 331 g/mol. The molecule has 0 aliphatic rings. The molecule has 3 aromatic rings. The van der Waals surface area contributed by atoms with E-state index in [0.717, 1.165) is 6.07 Å². The molecule has 0 spiro atoms. The zero-order valence-corrected chi connectivity index (χ0v) is 12.1. The molecular weight excluding hydrogens is 321 g/mol. The standard InChI is InChI=1S/C16H10FNO6/c17-10-3-1-9(2-4-10)16-12(7-23-8-19)11-5-14(20)13(18(21)22)6-15(11)24-16/h1-6,8,20H,7H2. The van der Waals surface area contributed by atoms with E-state index in [1.165, 1.54) is 30.3 Å². The Bertz CT molecular complexity index is 932. The molecule has 8 heteroatoms. The topological polar surface area (TPSA) is 103 Å². The van der Waals surface area contributed by atoms with E-state index in [4.69, 9.17) is 9.15 Å². The van der Waals surface area contributed by atoms with Crippen molar-refractivity contribution in [3.8, 4) is 17.1 Å². The predicted octanol–water partition coefficient (Wildman–Crippen LogP) is 3.53. The summed E-state index contributed by atoms with van der Waals surface area (Å²) in [6.07, 6.45) is 0.